The standard InChI is InChI=1S/C23H32N4O.HI/c1-17-10-11-19(14-22(17)28-4)16-25-23(24-3)26-18(2)20-8-7-9-21(15-20)27-12-5-6-13-27;/h7-11,14-15,18H,5-6,12-13,16H2,1-4H3,(H2,24,25,26);1H. The van der Waals surface area contributed by atoms with Gasteiger partial charge in [0.25, 0.3) is 0 Å². The SMILES string of the molecule is CN=C(NCc1ccc(C)c(OC)c1)NC(C)c1cccc(N2CCCC2)c1.I. The lowest BCUT2D eigenvalue weighted by Crippen LogP contribution is -2.38. The molecule has 158 valence electrons. The minimum Gasteiger partial charge on any atom is -0.496 e. The number of hydrogen-bond donors (Lipinski definition) is 2. The third-order valence-corrected chi connectivity index (χ3v) is 5.35. The first kappa shape index (κ1) is 23.3. The summed E-state index contributed by atoms with van der Waals surface area (Å²) in [7, 11) is 3.51. The maximum absolute atomic E-state index is 5.42. The molecular formula is C23H33IN4O. The summed E-state index contributed by atoms with van der Waals surface area (Å²) in [5.41, 5.74) is 4.89. The molecule has 2 aromatic rings. The number of guanidine groups is 1. The van der Waals surface area contributed by atoms with Crippen molar-refractivity contribution in [2.75, 3.05) is 32.1 Å². The van der Waals surface area contributed by atoms with Crippen LogP contribution < -0.4 is 20.3 Å². The van der Waals surface area contributed by atoms with Gasteiger partial charge < -0.3 is 20.3 Å². The van der Waals surface area contributed by atoms with Gasteiger partial charge in [0.2, 0.25) is 0 Å². The topological polar surface area (TPSA) is 48.9 Å². The van der Waals surface area contributed by atoms with Gasteiger partial charge in [0.1, 0.15) is 5.75 Å². The summed E-state index contributed by atoms with van der Waals surface area (Å²) in [5, 5.41) is 6.90. The molecule has 1 fully saturated rings. The van der Waals surface area contributed by atoms with E-state index in [1.165, 1.54) is 24.1 Å². The van der Waals surface area contributed by atoms with Gasteiger partial charge in [-0.1, -0.05) is 24.3 Å². The lowest BCUT2D eigenvalue weighted by Gasteiger charge is -2.22. The molecular weight excluding hydrogens is 475 g/mol. The van der Waals surface area contributed by atoms with Gasteiger partial charge in [0, 0.05) is 32.4 Å². The Balaban J connectivity index is 0.00000300. The number of nitrogens with one attached hydrogen (secondary N) is 2. The minimum absolute atomic E-state index is 0. The highest BCUT2D eigenvalue weighted by Gasteiger charge is 2.14. The molecule has 1 unspecified atom stereocenters. The third kappa shape index (κ3) is 6.26. The van der Waals surface area contributed by atoms with E-state index in [2.05, 4.69) is 76.8 Å². The number of aryl methyl sites for hydroxylation is 1. The minimum atomic E-state index is 0. The number of rotatable bonds is 6. The molecule has 0 amide bonds. The van der Waals surface area contributed by atoms with Crippen LogP contribution in [0.2, 0.25) is 0 Å². The van der Waals surface area contributed by atoms with Crippen molar-refractivity contribution in [2.45, 2.75) is 39.3 Å². The van der Waals surface area contributed by atoms with Crippen LogP contribution in [0.3, 0.4) is 0 Å². The molecule has 0 aromatic heterocycles. The van der Waals surface area contributed by atoms with Gasteiger partial charge >= 0.3 is 0 Å². The van der Waals surface area contributed by atoms with E-state index in [1.54, 1.807) is 14.2 Å². The molecule has 6 heteroatoms. The molecule has 0 aliphatic carbocycles. The van der Waals surface area contributed by atoms with Crippen molar-refractivity contribution in [1.29, 1.82) is 0 Å². The van der Waals surface area contributed by atoms with Gasteiger partial charge in [-0.15, -0.1) is 24.0 Å². The highest BCUT2D eigenvalue weighted by Crippen LogP contribution is 2.24. The van der Waals surface area contributed by atoms with E-state index in [1.807, 2.05) is 0 Å². The van der Waals surface area contributed by atoms with Gasteiger partial charge in [0.15, 0.2) is 5.96 Å². The molecule has 0 bridgehead atoms. The first-order chi connectivity index (χ1) is 13.6. The van der Waals surface area contributed by atoms with Gasteiger partial charge in [-0.05, 0) is 61.6 Å². The molecule has 2 aromatic carbocycles. The van der Waals surface area contributed by atoms with Crippen LogP contribution in [0.5, 0.6) is 5.75 Å². The summed E-state index contributed by atoms with van der Waals surface area (Å²) in [6.07, 6.45) is 2.58. The zero-order chi connectivity index (χ0) is 19.9. The zero-order valence-corrected chi connectivity index (χ0v) is 20.2. The Bertz CT molecular complexity index is 818. The van der Waals surface area contributed by atoms with Crippen molar-refractivity contribution >= 4 is 35.6 Å². The first-order valence-corrected chi connectivity index (χ1v) is 10.1. The maximum Gasteiger partial charge on any atom is 0.191 e. The molecule has 1 atom stereocenters. The number of methoxy groups -OCH3 is 1. The zero-order valence-electron chi connectivity index (χ0n) is 17.9. The Morgan fingerprint density at radius 3 is 2.62 bits per heavy atom. The molecule has 2 N–H and O–H groups in total. The second-order valence-corrected chi connectivity index (χ2v) is 7.38. The van der Waals surface area contributed by atoms with Crippen LogP contribution in [0.15, 0.2) is 47.5 Å². The smallest absolute Gasteiger partial charge is 0.191 e. The van der Waals surface area contributed by atoms with Crippen LogP contribution in [0.4, 0.5) is 5.69 Å². The molecule has 0 spiro atoms. The van der Waals surface area contributed by atoms with Crippen molar-refractivity contribution in [1.82, 2.24) is 10.6 Å². The lowest BCUT2D eigenvalue weighted by atomic mass is 10.1. The van der Waals surface area contributed by atoms with E-state index >= 15 is 0 Å². The molecule has 29 heavy (non-hydrogen) atoms. The Labute approximate surface area is 192 Å². The second-order valence-electron chi connectivity index (χ2n) is 7.38. The normalized spacial score (nSPS) is 14.9. The summed E-state index contributed by atoms with van der Waals surface area (Å²) in [6.45, 7) is 7.24. The number of anilines is 1. The van der Waals surface area contributed by atoms with E-state index < -0.39 is 0 Å². The first-order valence-electron chi connectivity index (χ1n) is 10.1. The molecule has 1 saturated heterocycles. The average Bonchev–Trinajstić information content (AvgIpc) is 3.27. The van der Waals surface area contributed by atoms with Crippen molar-refractivity contribution in [2.24, 2.45) is 4.99 Å². The summed E-state index contributed by atoms with van der Waals surface area (Å²) >= 11 is 0. The van der Waals surface area contributed by atoms with E-state index in [0.29, 0.717) is 6.54 Å². The van der Waals surface area contributed by atoms with Crippen molar-refractivity contribution in [3.63, 3.8) is 0 Å². The third-order valence-electron chi connectivity index (χ3n) is 5.35. The predicted molar refractivity (Wildman–Crippen MR) is 133 cm³/mol. The Morgan fingerprint density at radius 1 is 1.17 bits per heavy atom. The van der Waals surface area contributed by atoms with Crippen molar-refractivity contribution < 1.29 is 4.74 Å². The molecule has 1 aliphatic heterocycles. The van der Waals surface area contributed by atoms with Gasteiger partial charge in [-0.3, -0.25) is 4.99 Å². The highest BCUT2D eigenvalue weighted by molar-refractivity contribution is 14.0. The molecule has 5 nitrogen and oxygen atoms in total. The highest BCUT2D eigenvalue weighted by atomic mass is 127. The van der Waals surface area contributed by atoms with Crippen LogP contribution in [0, 0.1) is 6.92 Å². The average molecular weight is 508 g/mol. The number of ether oxygens (including phenoxy) is 1. The molecule has 0 saturated carbocycles. The summed E-state index contributed by atoms with van der Waals surface area (Å²) in [6, 6.07) is 15.3. The van der Waals surface area contributed by atoms with Crippen LogP contribution >= 0.6 is 24.0 Å². The number of halogens is 1. The van der Waals surface area contributed by atoms with Crippen LogP contribution in [-0.4, -0.2) is 33.2 Å². The van der Waals surface area contributed by atoms with E-state index in [9.17, 15) is 0 Å². The largest absolute Gasteiger partial charge is 0.496 e. The van der Waals surface area contributed by atoms with E-state index in [-0.39, 0.29) is 30.0 Å². The number of benzene rings is 2. The molecule has 1 heterocycles. The fourth-order valence-corrected chi connectivity index (χ4v) is 3.61. The van der Waals surface area contributed by atoms with Crippen LogP contribution in [-0.2, 0) is 6.54 Å². The monoisotopic (exact) mass is 508 g/mol. The summed E-state index contributed by atoms with van der Waals surface area (Å²) in [4.78, 5) is 6.85. The maximum atomic E-state index is 5.42. The number of nitrogens with zero attached hydrogens (tertiary/aromatic N) is 2. The Hall–Kier alpha value is -1.96. The summed E-state index contributed by atoms with van der Waals surface area (Å²) < 4.78 is 5.42. The number of hydrogen-bond acceptors (Lipinski definition) is 3. The fourth-order valence-electron chi connectivity index (χ4n) is 3.61. The molecule has 3 rings (SSSR count). The van der Waals surface area contributed by atoms with E-state index in [0.717, 1.165) is 35.9 Å². The van der Waals surface area contributed by atoms with E-state index in [4.69, 9.17) is 4.74 Å². The summed E-state index contributed by atoms with van der Waals surface area (Å²) in [5.74, 6) is 1.70. The van der Waals surface area contributed by atoms with Crippen molar-refractivity contribution in [3.8, 4) is 5.75 Å². The molecule has 1 aliphatic rings. The van der Waals surface area contributed by atoms with Gasteiger partial charge in [0.05, 0.1) is 13.2 Å². The van der Waals surface area contributed by atoms with Crippen LogP contribution in [0.25, 0.3) is 0 Å². The molecule has 0 radical (unpaired) electrons. The Kier molecular flexibility index (Phi) is 9.07. The van der Waals surface area contributed by atoms with Crippen molar-refractivity contribution in [3.05, 3.63) is 59.2 Å². The Morgan fingerprint density at radius 2 is 1.93 bits per heavy atom. The number of aliphatic imine (C=N–C) groups is 1. The quantitative estimate of drug-likeness (QED) is 0.339. The van der Waals surface area contributed by atoms with Crippen LogP contribution in [0.1, 0.15) is 42.5 Å². The fraction of sp³-hybridized carbons (Fsp3) is 0.435. The lowest BCUT2D eigenvalue weighted by molar-refractivity contribution is 0.411. The second kappa shape index (κ2) is 11.3. The van der Waals surface area contributed by atoms with Gasteiger partial charge in [-0.2, -0.15) is 0 Å². The van der Waals surface area contributed by atoms with Gasteiger partial charge in [-0.25, -0.2) is 0 Å². The predicted octanol–water partition coefficient (Wildman–Crippen LogP) is 4.65.